The monoisotopic (exact) mass is 393 g/mol. The van der Waals surface area contributed by atoms with Crippen LogP contribution in [0, 0.1) is 0 Å². The van der Waals surface area contributed by atoms with Crippen LogP contribution in [0.25, 0.3) is 0 Å². The predicted molar refractivity (Wildman–Crippen MR) is 109 cm³/mol. The molecule has 0 radical (unpaired) electrons. The Kier molecular flexibility index (Phi) is 5.12. The number of carbonyl (C=O) groups is 1. The highest BCUT2D eigenvalue weighted by Gasteiger charge is 2.31. The quantitative estimate of drug-likeness (QED) is 0.695. The van der Waals surface area contributed by atoms with E-state index in [4.69, 9.17) is 14.2 Å². The van der Waals surface area contributed by atoms with Crippen molar-refractivity contribution in [3.8, 4) is 17.2 Å². The number of hydrogen-bond donors (Lipinski definition) is 1. The van der Waals surface area contributed by atoms with Crippen molar-refractivity contribution in [2.24, 2.45) is 0 Å². The van der Waals surface area contributed by atoms with E-state index in [-0.39, 0.29) is 11.8 Å². The van der Waals surface area contributed by atoms with Crippen molar-refractivity contribution >= 4 is 11.7 Å². The van der Waals surface area contributed by atoms with Gasteiger partial charge in [-0.25, -0.2) is 4.68 Å². The lowest BCUT2D eigenvalue weighted by atomic mass is 9.87. The molecule has 1 atom stereocenters. The number of anilines is 1. The van der Waals surface area contributed by atoms with Gasteiger partial charge in [-0.1, -0.05) is 30.3 Å². The van der Waals surface area contributed by atoms with Crippen LogP contribution in [0.3, 0.4) is 0 Å². The summed E-state index contributed by atoms with van der Waals surface area (Å²) in [5.41, 5.74) is 2.99. The van der Waals surface area contributed by atoms with E-state index in [1.54, 1.807) is 21.3 Å². The SMILES string of the molecule is COc1cc([C@@H]2CC(=O)Nc3c2cnn3Cc2ccccc2)cc(OC)c1OC. The van der Waals surface area contributed by atoms with E-state index in [2.05, 4.69) is 10.4 Å². The average Bonchev–Trinajstić information content (AvgIpc) is 3.15. The minimum absolute atomic E-state index is 0.0499. The lowest BCUT2D eigenvalue weighted by Crippen LogP contribution is -2.25. The van der Waals surface area contributed by atoms with E-state index < -0.39 is 0 Å². The first-order valence-electron chi connectivity index (χ1n) is 9.34. The van der Waals surface area contributed by atoms with Crippen molar-refractivity contribution in [1.29, 1.82) is 0 Å². The van der Waals surface area contributed by atoms with E-state index in [9.17, 15) is 4.79 Å². The topological polar surface area (TPSA) is 74.6 Å². The molecule has 0 bridgehead atoms. The number of hydrogen-bond acceptors (Lipinski definition) is 5. The number of nitrogens with one attached hydrogen (secondary N) is 1. The zero-order chi connectivity index (χ0) is 20.4. The van der Waals surface area contributed by atoms with Crippen LogP contribution in [-0.2, 0) is 11.3 Å². The molecular weight excluding hydrogens is 370 g/mol. The van der Waals surface area contributed by atoms with Gasteiger partial charge in [-0.3, -0.25) is 4.79 Å². The van der Waals surface area contributed by atoms with Crippen LogP contribution in [0.15, 0.2) is 48.7 Å². The molecule has 2 aromatic carbocycles. The maximum absolute atomic E-state index is 12.5. The lowest BCUT2D eigenvalue weighted by Gasteiger charge is -2.25. The van der Waals surface area contributed by atoms with Gasteiger partial charge in [0.25, 0.3) is 0 Å². The average molecular weight is 393 g/mol. The van der Waals surface area contributed by atoms with Crippen LogP contribution < -0.4 is 19.5 Å². The molecule has 1 aliphatic heterocycles. The molecule has 0 saturated heterocycles. The van der Waals surface area contributed by atoms with Gasteiger partial charge < -0.3 is 19.5 Å². The van der Waals surface area contributed by atoms with Crippen molar-refractivity contribution in [2.75, 3.05) is 26.6 Å². The molecule has 7 heteroatoms. The van der Waals surface area contributed by atoms with Gasteiger partial charge in [0.2, 0.25) is 11.7 Å². The molecule has 0 fully saturated rings. The Bertz CT molecular complexity index is 1000. The van der Waals surface area contributed by atoms with Gasteiger partial charge in [-0.15, -0.1) is 0 Å². The second kappa shape index (κ2) is 7.87. The molecule has 0 saturated carbocycles. The molecule has 1 aromatic heterocycles. The normalized spacial score (nSPS) is 15.4. The number of aromatic nitrogens is 2. The van der Waals surface area contributed by atoms with Gasteiger partial charge in [0, 0.05) is 17.9 Å². The number of benzene rings is 2. The van der Waals surface area contributed by atoms with Gasteiger partial charge in [0.05, 0.1) is 34.1 Å². The molecule has 1 amide bonds. The number of methoxy groups -OCH3 is 3. The highest BCUT2D eigenvalue weighted by molar-refractivity contribution is 5.94. The first-order chi connectivity index (χ1) is 14.1. The molecule has 3 aromatic rings. The van der Waals surface area contributed by atoms with Crippen LogP contribution >= 0.6 is 0 Å². The third kappa shape index (κ3) is 3.51. The summed E-state index contributed by atoms with van der Waals surface area (Å²) in [7, 11) is 4.73. The molecule has 29 heavy (non-hydrogen) atoms. The maximum Gasteiger partial charge on any atom is 0.226 e. The molecule has 150 valence electrons. The Morgan fingerprint density at radius 3 is 2.38 bits per heavy atom. The fourth-order valence-corrected chi connectivity index (χ4v) is 3.75. The number of rotatable bonds is 6. The van der Waals surface area contributed by atoms with Crippen molar-refractivity contribution in [2.45, 2.75) is 18.9 Å². The number of ether oxygens (including phenoxy) is 3. The first-order valence-corrected chi connectivity index (χ1v) is 9.34. The standard InChI is InChI=1S/C22H23N3O4/c1-27-18-9-15(10-19(28-2)21(18)29-3)16-11-20(26)24-22-17(16)12-23-25(22)13-14-7-5-4-6-8-14/h4-10,12,16H,11,13H2,1-3H3,(H,24,26)/t16-/m0/s1. The molecule has 0 unspecified atom stereocenters. The summed E-state index contributed by atoms with van der Waals surface area (Å²) in [5.74, 6) is 2.17. The molecule has 7 nitrogen and oxygen atoms in total. The van der Waals surface area contributed by atoms with Crippen molar-refractivity contribution in [1.82, 2.24) is 9.78 Å². The Morgan fingerprint density at radius 1 is 1.07 bits per heavy atom. The van der Waals surface area contributed by atoms with Crippen LogP contribution in [0.1, 0.15) is 29.0 Å². The molecule has 0 aliphatic carbocycles. The maximum atomic E-state index is 12.5. The Balaban J connectivity index is 1.75. The van der Waals surface area contributed by atoms with Crippen LogP contribution in [-0.4, -0.2) is 37.0 Å². The predicted octanol–water partition coefficient (Wildman–Crippen LogP) is 3.43. The van der Waals surface area contributed by atoms with Gasteiger partial charge in [0.15, 0.2) is 11.5 Å². The Hall–Kier alpha value is -3.48. The van der Waals surface area contributed by atoms with Gasteiger partial charge >= 0.3 is 0 Å². The Labute approximate surface area is 169 Å². The number of fused-ring (bicyclic) bond motifs is 1. The summed E-state index contributed by atoms with van der Waals surface area (Å²) in [6.45, 7) is 0.582. The highest BCUT2D eigenvalue weighted by atomic mass is 16.5. The van der Waals surface area contributed by atoms with Crippen molar-refractivity contribution in [3.63, 3.8) is 0 Å². The van der Waals surface area contributed by atoms with E-state index in [1.807, 2.05) is 53.3 Å². The third-order valence-electron chi connectivity index (χ3n) is 5.16. The zero-order valence-corrected chi connectivity index (χ0v) is 16.6. The van der Waals surface area contributed by atoms with Crippen LogP contribution in [0.2, 0.25) is 0 Å². The molecule has 4 rings (SSSR count). The van der Waals surface area contributed by atoms with Crippen molar-refractivity contribution < 1.29 is 19.0 Å². The minimum Gasteiger partial charge on any atom is -0.493 e. The third-order valence-corrected chi connectivity index (χ3v) is 5.16. The van der Waals surface area contributed by atoms with Crippen LogP contribution in [0.5, 0.6) is 17.2 Å². The van der Waals surface area contributed by atoms with Gasteiger partial charge in [-0.2, -0.15) is 5.10 Å². The number of carbonyl (C=O) groups excluding carboxylic acids is 1. The summed E-state index contributed by atoms with van der Waals surface area (Å²) < 4.78 is 18.2. The summed E-state index contributed by atoms with van der Waals surface area (Å²) in [4.78, 5) is 12.5. The summed E-state index contributed by atoms with van der Waals surface area (Å²) in [6, 6.07) is 13.8. The number of amides is 1. The minimum atomic E-state index is -0.156. The molecular formula is C22H23N3O4. The fraction of sp³-hybridized carbons (Fsp3) is 0.273. The first kappa shape index (κ1) is 18.9. The Morgan fingerprint density at radius 2 is 1.76 bits per heavy atom. The van der Waals surface area contributed by atoms with Gasteiger partial charge in [0.1, 0.15) is 5.82 Å². The smallest absolute Gasteiger partial charge is 0.226 e. The van der Waals surface area contributed by atoms with Crippen LogP contribution in [0.4, 0.5) is 5.82 Å². The fourth-order valence-electron chi connectivity index (χ4n) is 3.75. The largest absolute Gasteiger partial charge is 0.493 e. The summed E-state index contributed by atoms with van der Waals surface area (Å²) >= 11 is 0. The van der Waals surface area contributed by atoms with Crippen molar-refractivity contribution in [3.05, 3.63) is 65.4 Å². The number of nitrogens with zero attached hydrogens (tertiary/aromatic N) is 2. The second-order valence-electron chi connectivity index (χ2n) is 6.86. The van der Waals surface area contributed by atoms with E-state index >= 15 is 0 Å². The van der Waals surface area contributed by atoms with E-state index in [0.29, 0.717) is 30.2 Å². The van der Waals surface area contributed by atoms with Gasteiger partial charge in [-0.05, 0) is 23.3 Å². The lowest BCUT2D eigenvalue weighted by molar-refractivity contribution is -0.116. The molecule has 2 heterocycles. The molecule has 0 spiro atoms. The van der Waals surface area contributed by atoms with E-state index in [0.717, 1.165) is 22.5 Å². The highest BCUT2D eigenvalue weighted by Crippen LogP contribution is 2.44. The molecule has 1 N–H and O–H groups in total. The second-order valence-corrected chi connectivity index (χ2v) is 6.86. The molecule has 1 aliphatic rings. The summed E-state index contributed by atoms with van der Waals surface area (Å²) in [5, 5.41) is 7.52. The zero-order valence-electron chi connectivity index (χ0n) is 16.6. The summed E-state index contributed by atoms with van der Waals surface area (Å²) in [6.07, 6.45) is 2.15. The van der Waals surface area contributed by atoms with E-state index in [1.165, 1.54) is 0 Å².